The van der Waals surface area contributed by atoms with E-state index in [1.54, 1.807) is 7.11 Å². The Balaban J connectivity index is 1.62. The van der Waals surface area contributed by atoms with Crippen molar-refractivity contribution >= 4 is 5.57 Å². The molecule has 1 aromatic carbocycles. The lowest BCUT2D eigenvalue weighted by atomic mass is 9.89. The zero-order valence-corrected chi connectivity index (χ0v) is 17.5. The zero-order valence-electron chi connectivity index (χ0n) is 17.5. The number of piperazine rings is 1. The average molecular weight is 394 g/mol. The van der Waals surface area contributed by atoms with Gasteiger partial charge in [0.25, 0.3) is 0 Å². The summed E-state index contributed by atoms with van der Waals surface area (Å²) < 4.78 is 5.29. The van der Waals surface area contributed by atoms with Crippen LogP contribution in [0.1, 0.15) is 25.8 Å². The van der Waals surface area contributed by atoms with Crippen molar-refractivity contribution in [1.82, 2.24) is 15.1 Å². The molecule has 3 atom stereocenters. The Labute approximate surface area is 173 Å². The monoisotopic (exact) mass is 393 g/mol. The second-order valence-corrected chi connectivity index (χ2v) is 8.13. The highest BCUT2D eigenvalue weighted by Crippen LogP contribution is 2.33. The normalized spacial score (nSPS) is 27.3. The number of allylic oxidation sites excluding steroid dienone is 4. The van der Waals surface area contributed by atoms with E-state index in [2.05, 4.69) is 60.6 Å². The highest BCUT2D eigenvalue weighted by molar-refractivity contribution is 5.68. The first kappa shape index (κ1) is 19.8. The highest BCUT2D eigenvalue weighted by atomic mass is 16.5. The molecule has 5 nitrogen and oxygen atoms in total. The third-order valence-electron chi connectivity index (χ3n) is 5.98. The number of aliphatic hydroxyl groups excluding tert-OH is 1. The summed E-state index contributed by atoms with van der Waals surface area (Å²) in [5.41, 5.74) is 4.50. The fourth-order valence-electron chi connectivity index (χ4n) is 4.27. The van der Waals surface area contributed by atoms with Gasteiger partial charge in [-0.05, 0) is 60.8 Å². The van der Waals surface area contributed by atoms with Crippen molar-refractivity contribution in [3.05, 3.63) is 71.7 Å². The van der Waals surface area contributed by atoms with Crippen LogP contribution < -0.4 is 10.1 Å². The molecule has 4 rings (SSSR count). The van der Waals surface area contributed by atoms with Gasteiger partial charge in [0.15, 0.2) is 6.23 Å². The number of ether oxygens (including phenoxy) is 1. The molecule has 0 saturated carbocycles. The summed E-state index contributed by atoms with van der Waals surface area (Å²) in [6, 6.07) is 8.55. The zero-order chi connectivity index (χ0) is 20.4. The van der Waals surface area contributed by atoms with Gasteiger partial charge < -0.3 is 25.0 Å². The van der Waals surface area contributed by atoms with Gasteiger partial charge in [-0.25, -0.2) is 0 Å². The van der Waals surface area contributed by atoms with Crippen LogP contribution in [0.25, 0.3) is 5.57 Å². The maximum Gasteiger partial charge on any atom is 0.150 e. The second-order valence-electron chi connectivity index (χ2n) is 8.13. The molecule has 0 aromatic heterocycles. The highest BCUT2D eigenvalue weighted by Gasteiger charge is 2.25. The lowest BCUT2D eigenvalue weighted by Gasteiger charge is -2.38. The fourth-order valence-corrected chi connectivity index (χ4v) is 4.27. The summed E-state index contributed by atoms with van der Waals surface area (Å²) in [4.78, 5) is 4.37. The summed E-state index contributed by atoms with van der Waals surface area (Å²) in [5.74, 6) is 1.16. The number of aliphatic hydroxyl groups is 1. The van der Waals surface area contributed by atoms with Gasteiger partial charge in [0.2, 0.25) is 0 Å². The summed E-state index contributed by atoms with van der Waals surface area (Å²) in [6.07, 6.45) is 10.8. The number of methoxy groups -OCH3 is 1. The van der Waals surface area contributed by atoms with E-state index < -0.39 is 6.23 Å². The van der Waals surface area contributed by atoms with Crippen molar-refractivity contribution in [2.75, 3.05) is 26.7 Å². The molecule has 0 aliphatic carbocycles. The second kappa shape index (κ2) is 8.47. The molecule has 0 spiro atoms. The Morgan fingerprint density at radius 2 is 1.86 bits per heavy atom. The lowest BCUT2D eigenvalue weighted by molar-refractivity contribution is 0.102. The van der Waals surface area contributed by atoms with Crippen LogP contribution in [-0.4, -0.2) is 53.9 Å². The molecule has 1 saturated heterocycles. The smallest absolute Gasteiger partial charge is 0.150 e. The minimum atomic E-state index is -0.707. The molecule has 1 fully saturated rings. The number of benzene rings is 1. The minimum Gasteiger partial charge on any atom is -0.497 e. The van der Waals surface area contributed by atoms with Crippen LogP contribution in [0, 0.1) is 5.92 Å². The van der Waals surface area contributed by atoms with Gasteiger partial charge in [0.05, 0.1) is 12.8 Å². The first-order valence-electron chi connectivity index (χ1n) is 10.5. The molecule has 154 valence electrons. The van der Waals surface area contributed by atoms with Crippen LogP contribution >= 0.6 is 0 Å². The minimum absolute atomic E-state index is 0.320. The van der Waals surface area contributed by atoms with Crippen molar-refractivity contribution in [2.45, 2.75) is 32.5 Å². The quantitative estimate of drug-likeness (QED) is 0.825. The van der Waals surface area contributed by atoms with Gasteiger partial charge in [0, 0.05) is 37.6 Å². The molecular weight excluding hydrogens is 362 g/mol. The molecule has 2 N–H and O–H groups in total. The van der Waals surface area contributed by atoms with Gasteiger partial charge in [0.1, 0.15) is 5.75 Å². The van der Waals surface area contributed by atoms with Crippen molar-refractivity contribution in [3.8, 4) is 5.75 Å². The molecule has 29 heavy (non-hydrogen) atoms. The van der Waals surface area contributed by atoms with Crippen molar-refractivity contribution in [2.24, 2.45) is 5.92 Å². The molecule has 0 bridgehead atoms. The molecule has 3 heterocycles. The van der Waals surface area contributed by atoms with Crippen molar-refractivity contribution in [1.29, 1.82) is 0 Å². The molecule has 3 aliphatic heterocycles. The molecule has 3 aliphatic rings. The van der Waals surface area contributed by atoms with E-state index in [4.69, 9.17) is 4.74 Å². The Morgan fingerprint density at radius 3 is 2.59 bits per heavy atom. The molecule has 5 heteroatoms. The predicted molar refractivity (Wildman–Crippen MR) is 117 cm³/mol. The van der Waals surface area contributed by atoms with Crippen LogP contribution in [0.2, 0.25) is 0 Å². The number of rotatable bonds is 3. The third-order valence-corrected chi connectivity index (χ3v) is 5.98. The first-order chi connectivity index (χ1) is 14.0. The Hall–Kier alpha value is -2.50. The maximum absolute atomic E-state index is 11.1. The fraction of sp³-hybridized carbons (Fsp3) is 0.417. The third kappa shape index (κ3) is 4.26. The number of fused-ring (bicyclic) bond motifs is 1. The molecule has 0 amide bonds. The lowest BCUT2D eigenvalue weighted by Crippen LogP contribution is -2.49. The van der Waals surface area contributed by atoms with Crippen molar-refractivity contribution < 1.29 is 9.84 Å². The van der Waals surface area contributed by atoms with E-state index in [0.717, 1.165) is 54.3 Å². The van der Waals surface area contributed by atoms with Crippen LogP contribution in [0.5, 0.6) is 5.75 Å². The molecule has 0 radical (unpaired) electrons. The number of hydrogen-bond donors (Lipinski definition) is 2. The Bertz CT molecular complexity index is 853. The first-order valence-corrected chi connectivity index (χ1v) is 10.5. The standard InChI is InChI=1S/C24H31N3O2/c1-17-4-7-20-8-9-21(26-13-12-25-18(2)15-26)16-27(20)24(28)14-23(17)19-5-10-22(29-3)11-6-19/h5-11,14,16-18,24-25,28H,4,12-13,15H2,1-3H3. The van der Waals surface area contributed by atoms with Crippen LogP contribution in [0.15, 0.2) is 66.2 Å². The Morgan fingerprint density at radius 1 is 1.10 bits per heavy atom. The van der Waals surface area contributed by atoms with Crippen LogP contribution in [-0.2, 0) is 0 Å². The van der Waals surface area contributed by atoms with Crippen LogP contribution in [0.3, 0.4) is 0 Å². The van der Waals surface area contributed by atoms with E-state index in [9.17, 15) is 5.11 Å². The number of hydrogen-bond acceptors (Lipinski definition) is 5. The summed E-state index contributed by atoms with van der Waals surface area (Å²) >= 11 is 0. The van der Waals surface area contributed by atoms with E-state index in [0.29, 0.717) is 12.0 Å². The van der Waals surface area contributed by atoms with Gasteiger partial charge in [-0.1, -0.05) is 25.1 Å². The number of nitrogens with zero attached hydrogens (tertiary/aromatic N) is 2. The van der Waals surface area contributed by atoms with Crippen molar-refractivity contribution in [3.63, 3.8) is 0 Å². The topological polar surface area (TPSA) is 48.0 Å². The molecule has 3 unspecified atom stereocenters. The summed E-state index contributed by atoms with van der Waals surface area (Å²) in [7, 11) is 1.68. The summed E-state index contributed by atoms with van der Waals surface area (Å²) in [6.45, 7) is 7.36. The summed E-state index contributed by atoms with van der Waals surface area (Å²) in [5, 5.41) is 14.6. The van der Waals surface area contributed by atoms with Gasteiger partial charge in [-0.2, -0.15) is 0 Å². The number of nitrogens with one attached hydrogen (secondary N) is 1. The van der Waals surface area contributed by atoms with E-state index >= 15 is 0 Å². The SMILES string of the molecule is COc1ccc(C2=CC(O)N3C=C(N4CCNC(C)C4)C=CC3=CCC2C)cc1. The van der Waals surface area contributed by atoms with Gasteiger partial charge in [-0.15, -0.1) is 0 Å². The average Bonchev–Trinajstić information content (AvgIpc) is 2.75. The van der Waals surface area contributed by atoms with E-state index in [1.807, 2.05) is 23.1 Å². The van der Waals surface area contributed by atoms with Crippen LogP contribution in [0.4, 0.5) is 0 Å². The maximum atomic E-state index is 11.1. The van der Waals surface area contributed by atoms with Gasteiger partial charge >= 0.3 is 0 Å². The van der Waals surface area contributed by atoms with E-state index in [-0.39, 0.29) is 0 Å². The molecule has 1 aromatic rings. The van der Waals surface area contributed by atoms with E-state index in [1.165, 1.54) is 0 Å². The van der Waals surface area contributed by atoms with Gasteiger partial charge in [-0.3, -0.25) is 0 Å². The molecular formula is C24H31N3O2. The largest absolute Gasteiger partial charge is 0.497 e. The Kier molecular flexibility index (Phi) is 5.79. The predicted octanol–water partition coefficient (Wildman–Crippen LogP) is 3.33.